The summed E-state index contributed by atoms with van der Waals surface area (Å²) in [5.41, 5.74) is 1.29. The van der Waals surface area contributed by atoms with Gasteiger partial charge in [-0.25, -0.2) is 0 Å². The molecule has 0 aliphatic carbocycles. The molecule has 0 atom stereocenters. The highest BCUT2D eigenvalue weighted by Gasteiger charge is 2.15. The smallest absolute Gasteiger partial charge is 0.430 e. The standard InChI is InChI=1S/C13H16NOS/c1-11(2)15-13-14(8-9-16-13)10-12-6-4-3-5-7-12/h3-9,11H,10H2,1-2H3/q+1. The van der Waals surface area contributed by atoms with Crippen molar-refractivity contribution in [3.05, 3.63) is 47.5 Å². The fourth-order valence-corrected chi connectivity index (χ4v) is 2.32. The third kappa shape index (κ3) is 2.83. The Morgan fingerprint density at radius 2 is 2.00 bits per heavy atom. The Hall–Kier alpha value is -1.35. The fraction of sp³-hybridized carbons (Fsp3) is 0.308. The highest BCUT2D eigenvalue weighted by molar-refractivity contribution is 7.10. The first-order valence-corrected chi connectivity index (χ1v) is 6.31. The van der Waals surface area contributed by atoms with E-state index in [1.807, 2.05) is 19.9 Å². The van der Waals surface area contributed by atoms with Crippen LogP contribution in [0.15, 0.2) is 41.9 Å². The Labute approximate surface area is 100 Å². The van der Waals surface area contributed by atoms with E-state index in [1.165, 1.54) is 5.56 Å². The van der Waals surface area contributed by atoms with E-state index in [1.54, 1.807) is 11.3 Å². The molecule has 0 radical (unpaired) electrons. The first-order chi connectivity index (χ1) is 7.75. The number of ether oxygens (including phenoxy) is 1. The summed E-state index contributed by atoms with van der Waals surface area (Å²) in [4.78, 5) is 0. The van der Waals surface area contributed by atoms with Gasteiger partial charge in [0, 0.05) is 5.56 Å². The molecular formula is C13H16NOS+. The van der Waals surface area contributed by atoms with E-state index in [9.17, 15) is 0 Å². The maximum atomic E-state index is 5.74. The average Bonchev–Trinajstić information content (AvgIpc) is 2.66. The fourth-order valence-electron chi connectivity index (χ4n) is 1.49. The van der Waals surface area contributed by atoms with Gasteiger partial charge in [0.1, 0.15) is 6.10 Å². The summed E-state index contributed by atoms with van der Waals surface area (Å²) < 4.78 is 7.88. The van der Waals surface area contributed by atoms with Crippen LogP contribution in [0, 0.1) is 0 Å². The molecule has 0 amide bonds. The topological polar surface area (TPSA) is 13.1 Å². The molecule has 0 fully saturated rings. The van der Waals surface area contributed by atoms with E-state index in [4.69, 9.17) is 4.74 Å². The number of hydrogen-bond donors (Lipinski definition) is 0. The first-order valence-electron chi connectivity index (χ1n) is 5.43. The SMILES string of the molecule is CC(C)Oc1scc[n+]1Cc1ccccc1. The summed E-state index contributed by atoms with van der Waals surface area (Å²) >= 11 is 1.64. The van der Waals surface area contributed by atoms with Gasteiger partial charge in [-0.05, 0) is 25.2 Å². The van der Waals surface area contributed by atoms with Crippen molar-refractivity contribution in [2.24, 2.45) is 0 Å². The monoisotopic (exact) mass is 234 g/mol. The van der Waals surface area contributed by atoms with Gasteiger partial charge in [0.2, 0.25) is 0 Å². The van der Waals surface area contributed by atoms with Gasteiger partial charge in [0.15, 0.2) is 12.7 Å². The van der Waals surface area contributed by atoms with E-state index >= 15 is 0 Å². The lowest BCUT2D eigenvalue weighted by Gasteiger charge is -2.04. The van der Waals surface area contributed by atoms with Crippen molar-refractivity contribution >= 4 is 11.3 Å². The van der Waals surface area contributed by atoms with Gasteiger partial charge in [-0.15, -0.1) is 0 Å². The van der Waals surface area contributed by atoms with Crippen LogP contribution in [-0.4, -0.2) is 6.10 Å². The van der Waals surface area contributed by atoms with E-state index in [-0.39, 0.29) is 6.10 Å². The second-order valence-electron chi connectivity index (χ2n) is 3.95. The molecule has 1 aromatic carbocycles. The second-order valence-corrected chi connectivity index (χ2v) is 4.81. The zero-order valence-corrected chi connectivity index (χ0v) is 10.4. The van der Waals surface area contributed by atoms with Crippen LogP contribution in [0.2, 0.25) is 0 Å². The number of benzene rings is 1. The van der Waals surface area contributed by atoms with Crippen molar-refractivity contribution < 1.29 is 9.30 Å². The summed E-state index contributed by atoms with van der Waals surface area (Å²) in [5, 5.41) is 3.03. The van der Waals surface area contributed by atoms with Crippen molar-refractivity contribution in [2.45, 2.75) is 26.5 Å². The maximum absolute atomic E-state index is 5.74. The van der Waals surface area contributed by atoms with E-state index in [2.05, 4.69) is 40.4 Å². The van der Waals surface area contributed by atoms with Crippen LogP contribution >= 0.6 is 11.3 Å². The minimum atomic E-state index is 0.223. The molecule has 2 nitrogen and oxygen atoms in total. The molecule has 0 spiro atoms. The number of aromatic nitrogens is 1. The summed E-state index contributed by atoms with van der Waals surface area (Å²) in [6, 6.07) is 10.4. The molecule has 1 aromatic heterocycles. The highest BCUT2D eigenvalue weighted by atomic mass is 32.1. The molecule has 0 bridgehead atoms. The van der Waals surface area contributed by atoms with Gasteiger partial charge in [0.05, 0.1) is 5.38 Å². The quantitative estimate of drug-likeness (QED) is 0.741. The molecule has 2 aromatic rings. The van der Waals surface area contributed by atoms with E-state index in [0.29, 0.717) is 0 Å². The predicted molar refractivity (Wildman–Crippen MR) is 65.8 cm³/mol. The molecule has 0 N–H and O–H groups in total. The molecule has 2 rings (SSSR count). The van der Waals surface area contributed by atoms with Gasteiger partial charge in [0.25, 0.3) is 0 Å². The zero-order chi connectivity index (χ0) is 11.4. The molecule has 0 unspecified atom stereocenters. The Kier molecular flexibility index (Phi) is 3.57. The van der Waals surface area contributed by atoms with Crippen LogP contribution in [0.5, 0.6) is 5.19 Å². The molecule has 0 saturated carbocycles. The molecule has 3 heteroatoms. The van der Waals surface area contributed by atoms with Crippen LogP contribution in [0.3, 0.4) is 0 Å². The summed E-state index contributed by atoms with van der Waals surface area (Å²) in [5.74, 6) is 0. The number of hydrogen-bond acceptors (Lipinski definition) is 2. The summed E-state index contributed by atoms with van der Waals surface area (Å²) in [7, 11) is 0. The summed E-state index contributed by atoms with van der Waals surface area (Å²) in [6.45, 7) is 4.96. The normalized spacial score (nSPS) is 10.7. The largest absolute Gasteiger partial charge is 0.433 e. The zero-order valence-electron chi connectivity index (χ0n) is 9.59. The molecule has 0 aliphatic heterocycles. The minimum absolute atomic E-state index is 0.223. The third-order valence-electron chi connectivity index (χ3n) is 2.18. The lowest BCUT2D eigenvalue weighted by molar-refractivity contribution is -0.689. The highest BCUT2D eigenvalue weighted by Crippen LogP contribution is 2.14. The lowest BCUT2D eigenvalue weighted by Crippen LogP contribution is -2.34. The molecule has 0 aliphatic rings. The molecule has 84 valence electrons. The Bertz CT molecular complexity index is 436. The number of thiazole rings is 1. The van der Waals surface area contributed by atoms with Crippen molar-refractivity contribution in [2.75, 3.05) is 0 Å². The van der Waals surface area contributed by atoms with Gasteiger partial charge < -0.3 is 4.74 Å². The van der Waals surface area contributed by atoms with E-state index in [0.717, 1.165) is 11.7 Å². The van der Waals surface area contributed by atoms with Crippen molar-refractivity contribution in [1.29, 1.82) is 0 Å². The maximum Gasteiger partial charge on any atom is 0.430 e. The van der Waals surface area contributed by atoms with Gasteiger partial charge in [-0.3, -0.25) is 0 Å². The van der Waals surface area contributed by atoms with Crippen LogP contribution in [0.1, 0.15) is 19.4 Å². The first kappa shape index (κ1) is 11.1. The molecule has 1 heterocycles. The van der Waals surface area contributed by atoms with Gasteiger partial charge in [-0.2, -0.15) is 4.57 Å². The number of rotatable bonds is 4. The van der Waals surface area contributed by atoms with Gasteiger partial charge in [-0.1, -0.05) is 30.3 Å². The number of nitrogens with zero attached hydrogens (tertiary/aromatic N) is 1. The Morgan fingerprint density at radius 3 is 2.69 bits per heavy atom. The average molecular weight is 234 g/mol. The van der Waals surface area contributed by atoms with E-state index < -0.39 is 0 Å². The minimum Gasteiger partial charge on any atom is -0.433 e. The molecule has 16 heavy (non-hydrogen) atoms. The van der Waals surface area contributed by atoms with Crippen molar-refractivity contribution in [3.63, 3.8) is 0 Å². The Balaban J connectivity index is 2.13. The summed E-state index contributed by atoms with van der Waals surface area (Å²) in [6.07, 6.45) is 2.29. The molecular weight excluding hydrogens is 218 g/mol. The van der Waals surface area contributed by atoms with Gasteiger partial charge >= 0.3 is 5.19 Å². The second kappa shape index (κ2) is 5.12. The predicted octanol–water partition coefficient (Wildman–Crippen LogP) is 2.87. The van der Waals surface area contributed by atoms with Crippen LogP contribution in [-0.2, 0) is 6.54 Å². The van der Waals surface area contributed by atoms with Crippen LogP contribution in [0.4, 0.5) is 0 Å². The van der Waals surface area contributed by atoms with Crippen LogP contribution < -0.4 is 9.30 Å². The third-order valence-corrected chi connectivity index (χ3v) is 2.97. The van der Waals surface area contributed by atoms with Crippen LogP contribution in [0.25, 0.3) is 0 Å². The molecule has 0 saturated heterocycles. The van der Waals surface area contributed by atoms with Crippen molar-refractivity contribution in [1.82, 2.24) is 0 Å². The van der Waals surface area contributed by atoms with Crippen molar-refractivity contribution in [3.8, 4) is 5.19 Å². The lowest BCUT2D eigenvalue weighted by atomic mass is 10.2. The Morgan fingerprint density at radius 1 is 1.25 bits per heavy atom.